The number of fused-ring (bicyclic) bond motifs is 3. The molecule has 3 rings (SSSR count). The van der Waals surface area contributed by atoms with Crippen LogP contribution in [0, 0.1) is 5.92 Å². The number of ketones is 1. The van der Waals surface area contributed by atoms with E-state index in [9.17, 15) is 14.4 Å². The maximum absolute atomic E-state index is 12.9. The largest absolute Gasteiger partial charge is 0.464 e. The molecule has 0 saturated carbocycles. The van der Waals surface area contributed by atoms with Crippen LogP contribution in [-0.4, -0.2) is 23.3 Å². The maximum Gasteiger partial charge on any atom is 0.376 e. The lowest BCUT2D eigenvalue weighted by Gasteiger charge is -2.32. The normalized spacial score (nSPS) is 24.8. The van der Waals surface area contributed by atoms with Crippen LogP contribution in [0.3, 0.4) is 0 Å². The Morgan fingerprint density at radius 1 is 1.33 bits per heavy atom. The molecule has 0 saturated heterocycles. The van der Waals surface area contributed by atoms with Gasteiger partial charge in [0.15, 0.2) is 0 Å². The molecule has 0 bridgehead atoms. The Labute approximate surface area is 180 Å². The third-order valence-electron chi connectivity index (χ3n) is 5.16. The molecule has 2 unspecified atom stereocenters. The van der Waals surface area contributed by atoms with Crippen molar-refractivity contribution in [3.8, 4) is 0 Å². The Morgan fingerprint density at radius 3 is 2.67 bits per heavy atom. The molecule has 1 aliphatic carbocycles. The fourth-order valence-corrected chi connectivity index (χ4v) is 3.79. The van der Waals surface area contributed by atoms with Crippen LogP contribution in [0.15, 0.2) is 69.4 Å². The number of hydrogen-bond acceptors (Lipinski definition) is 6. The molecule has 6 nitrogen and oxygen atoms in total. The Bertz CT molecular complexity index is 1020. The van der Waals surface area contributed by atoms with Crippen molar-refractivity contribution in [2.24, 2.45) is 5.92 Å². The van der Waals surface area contributed by atoms with E-state index in [0.717, 1.165) is 18.9 Å². The number of Topliss-reactive ketones (excluding diaryl/α,β-unsaturated/α-hetero) is 1. The van der Waals surface area contributed by atoms with E-state index in [4.69, 9.17) is 25.8 Å². The van der Waals surface area contributed by atoms with Crippen molar-refractivity contribution < 1.29 is 28.6 Å². The molecule has 2 aliphatic heterocycles. The van der Waals surface area contributed by atoms with E-state index in [-0.39, 0.29) is 16.4 Å². The van der Waals surface area contributed by atoms with Gasteiger partial charge in [-0.3, -0.25) is 9.59 Å². The van der Waals surface area contributed by atoms with E-state index in [1.165, 1.54) is 13.2 Å². The quantitative estimate of drug-likeness (QED) is 0.470. The molecule has 0 radical (unpaired) electrons. The fraction of sp³-hybridized carbons (Fsp3) is 0.348. The molecule has 3 aliphatic rings. The second-order valence-electron chi connectivity index (χ2n) is 7.60. The van der Waals surface area contributed by atoms with E-state index < -0.39 is 23.3 Å². The lowest BCUT2D eigenvalue weighted by atomic mass is 9.77. The van der Waals surface area contributed by atoms with Gasteiger partial charge in [-0.25, -0.2) is 4.79 Å². The highest BCUT2D eigenvalue weighted by Gasteiger charge is 2.57. The second kappa shape index (κ2) is 8.11. The zero-order chi connectivity index (χ0) is 22.2. The van der Waals surface area contributed by atoms with Gasteiger partial charge in [0.25, 0.3) is 0 Å². The summed E-state index contributed by atoms with van der Waals surface area (Å²) in [4.78, 5) is 36.7. The number of hydrogen-bond donors (Lipinski definition) is 0. The summed E-state index contributed by atoms with van der Waals surface area (Å²) < 4.78 is 16.0. The highest BCUT2D eigenvalue weighted by molar-refractivity contribution is 6.46. The SMILES string of the molecule is CCC(C)C=C(C)C=CC1=CC2=C(Cl)C(=O)C3(C)OC(=O)C(OC(C)=O)=C3C2=CO1. The Kier molecular flexibility index (Phi) is 5.90. The molecule has 2 atom stereocenters. The summed E-state index contributed by atoms with van der Waals surface area (Å²) in [7, 11) is 0. The van der Waals surface area contributed by atoms with Crippen LogP contribution in [0.4, 0.5) is 0 Å². The van der Waals surface area contributed by atoms with Gasteiger partial charge >= 0.3 is 11.9 Å². The van der Waals surface area contributed by atoms with Gasteiger partial charge in [-0.05, 0) is 31.9 Å². The third kappa shape index (κ3) is 3.79. The summed E-state index contributed by atoms with van der Waals surface area (Å²) in [6, 6.07) is 0. The van der Waals surface area contributed by atoms with Gasteiger partial charge < -0.3 is 14.2 Å². The summed E-state index contributed by atoms with van der Waals surface area (Å²) in [5, 5.41) is -0.0783. The number of carbonyl (C=O) groups is 3. The molecule has 0 aromatic rings. The second-order valence-corrected chi connectivity index (χ2v) is 7.98. The van der Waals surface area contributed by atoms with Crippen molar-refractivity contribution in [1.82, 2.24) is 0 Å². The summed E-state index contributed by atoms with van der Waals surface area (Å²) >= 11 is 6.35. The lowest BCUT2D eigenvalue weighted by molar-refractivity contribution is -0.156. The molecular formula is C23H23ClO6. The summed E-state index contributed by atoms with van der Waals surface area (Å²) in [6.07, 6.45) is 9.88. The van der Waals surface area contributed by atoms with E-state index in [1.807, 2.05) is 13.0 Å². The van der Waals surface area contributed by atoms with Crippen molar-refractivity contribution in [3.63, 3.8) is 0 Å². The standard InChI is InChI=1S/C23H23ClO6/c1-6-12(2)9-13(3)7-8-15-10-16-17(11-28-15)18-20(29-14(4)25)22(27)30-23(18,5)21(26)19(16)24/h7-12H,6H2,1-5H3. The molecule has 30 heavy (non-hydrogen) atoms. The van der Waals surface area contributed by atoms with E-state index in [1.54, 1.807) is 12.2 Å². The highest BCUT2D eigenvalue weighted by atomic mass is 35.5. The smallest absolute Gasteiger partial charge is 0.376 e. The molecular weight excluding hydrogens is 408 g/mol. The molecule has 7 heteroatoms. The average molecular weight is 431 g/mol. The van der Waals surface area contributed by atoms with E-state index in [0.29, 0.717) is 22.8 Å². The zero-order valence-corrected chi connectivity index (χ0v) is 18.3. The maximum atomic E-state index is 12.9. The molecule has 0 N–H and O–H groups in total. The molecule has 0 aromatic carbocycles. The molecule has 0 amide bonds. The Morgan fingerprint density at radius 2 is 2.03 bits per heavy atom. The predicted octanol–water partition coefficient (Wildman–Crippen LogP) is 4.54. The van der Waals surface area contributed by atoms with E-state index >= 15 is 0 Å². The van der Waals surface area contributed by atoms with Crippen LogP contribution in [0.5, 0.6) is 0 Å². The van der Waals surface area contributed by atoms with Gasteiger partial charge in [-0.15, -0.1) is 0 Å². The van der Waals surface area contributed by atoms with Crippen LogP contribution in [0.1, 0.15) is 41.0 Å². The van der Waals surface area contributed by atoms with Gasteiger partial charge in [-0.2, -0.15) is 0 Å². The first-order chi connectivity index (χ1) is 14.1. The number of halogens is 1. The topological polar surface area (TPSA) is 78.9 Å². The Hall–Kier alpha value is -2.86. The molecule has 0 fully saturated rings. The molecule has 158 valence electrons. The van der Waals surface area contributed by atoms with Gasteiger partial charge in [0, 0.05) is 18.1 Å². The number of allylic oxidation sites excluding steroid dienone is 6. The minimum absolute atomic E-state index is 0.0783. The van der Waals surface area contributed by atoms with Gasteiger partial charge in [0.05, 0.1) is 16.9 Å². The van der Waals surface area contributed by atoms with Crippen LogP contribution in [0.25, 0.3) is 0 Å². The van der Waals surface area contributed by atoms with Gasteiger partial charge in [0.2, 0.25) is 17.1 Å². The molecule has 2 heterocycles. The first-order valence-corrected chi connectivity index (χ1v) is 10.0. The minimum atomic E-state index is -1.67. The van der Waals surface area contributed by atoms with Gasteiger partial charge in [-0.1, -0.05) is 49.6 Å². The van der Waals surface area contributed by atoms with Crippen molar-refractivity contribution in [2.75, 3.05) is 0 Å². The Balaban J connectivity index is 2.03. The number of carbonyl (C=O) groups excluding carboxylic acids is 3. The monoisotopic (exact) mass is 430 g/mol. The van der Waals surface area contributed by atoms with Crippen molar-refractivity contribution >= 4 is 29.3 Å². The summed E-state index contributed by atoms with van der Waals surface area (Å²) in [5.74, 6) is -1.58. The van der Waals surface area contributed by atoms with Crippen LogP contribution < -0.4 is 0 Å². The lowest BCUT2D eigenvalue weighted by Crippen LogP contribution is -2.42. The zero-order valence-electron chi connectivity index (χ0n) is 17.5. The van der Waals surface area contributed by atoms with Crippen molar-refractivity contribution in [3.05, 3.63) is 69.4 Å². The average Bonchev–Trinajstić information content (AvgIpc) is 2.94. The minimum Gasteiger partial charge on any atom is -0.464 e. The highest BCUT2D eigenvalue weighted by Crippen LogP contribution is 2.49. The summed E-state index contributed by atoms with van der Waals surface area (Å²) in [6.45, 7) is 8.83. The molecule has 0 aromatic heterocycles. The van der Waals surface area contributed by atoms with Crippen molar-refractivity contribution in [1.29, 1.82) is 0 Å². The van der Waals surface area contributed by atoms with Gasteiger partial charge in [0.1, 0.15) is 5.76 Å². The van der Waals surface area contributed by atoms with Crippen LogP contribution in [-0.2, 0) is 28.6 Å². The predicted molar refractivity (Wildman–Crippen MR) is 111 cm³/mol. The number of rotatable bonds is 5. The number of esters is 2. The first kappa shape index (κ1) is 21.8. The third-order valence-corrected chi connectivity index (χ3v) is 5.54. The van der Waals surface area contributed by atoms with E-state index in [2.05, 4.69) is 19.9 Å². The fourth-order valence-electron chi connectivity index (χ4n) is 3.45. The van der Waals surface area contributed by atoms with Crippen LogP contribution >= 0.6 is 11.6 Å². The first-order valence-electron chi connectivity index (χ1n) is 9.65. The van der Waals surface area contributed by atoms with Crippen LogP contribution in [0.2, 0.25) is 0 Å². The number of ether oxygens (including phenoxy) is 3. The summed E-state index contributed by atoms with van der Waals surface area (Å²) in [5.41, 5.74) is 0.290. The molecule has 0 spiro atoms. The van der Waals surface area contributed by atoms with Crippen molar-refractivity contribution in [2.45, 2.75) is 46.6 Å².